The Labute approximate surface area is 79.3 Å². The molecule has 0 aromatic heterocycles. The van der Waals surface area contributed by atoms with Crippen molar-refractivity contribution in [3.8, 4) is 0 Å². The summed E-state index contributed by atoms with van der Waals surface area (Å²) in [7, 11) is 0. The highest BCUT2D eigenvalue weighted by molar-refractivity contribution is 5.82. The lowest BCUT2D eigenvalue weighted by molar-refractivity contribution is -0.137. The van der Waals surface area contributed by atoms with Crippen LogP contribution in [0.5, 0.6) is 0 Å². The van der Waals surface area contributed by atoms with Crippen molar-refractivity contribution >= 4 is 5.78 Å². The second-order valence-electron chi connectivity index (χ2n) is 4.99. The molecular formula is C11H18O2. The number of Topliss-reactive ketones (excluding diaryl/α,β-unsaturated/α-hetero) is 1. The van der Waals surface area contributed by atoms with Crippen LogP contribution in [0.15, 0.2) is 0 Å². The van der Waals surface area contributed by atoms with Crippen LogP contribution in [0, 0.1) is 10.8 Å². The van der Waals surface area contributed by atoms with Gasteiger partial charge in [0, 0.05) is 12.0 Å². The molecule has 0 aromatic carbocycles. The smallest absolute Gasteiger partial charge is 0.135 e. The molecule has 0 spiro atoms. The van der Waals surface area contributed by atoms with Gasteiger partial charge in [0.2, 0.25) is 0 Å². The Bertz CT molecular complexity index is 208. The van der Waals surface area contributed by atoms with Crippen LogP contribution in [0.4, 0.5) is 0 Å². The number of rotatable bonds is 2. The van der Waals surface area contributed by atoms with Gasteiger partial charge in [-0.2, -0.15) is 0 Å². The fraction of sp³-hybridized carbons (Fsp3) is 0.909. The molecule has 0 radical (unpaired) electrons. The van der Waals surface area contributed by atoms with Crippen molar-refractivity contribution in [2.45, 2.75) is 45.4 Å². The Morgan fingerprint density at radius 2 is 1.62 bits per heavy atom. The summed E-state index contributed by atoms with van der Waals surface area (Å²) in [6, 6.07) is 0. The summed E-state index contributed by atoms with van der Waals surface area (Å²) in [6.07, 6.45) is 6.23. The quantitative estimate of drug-likeness (QED) is 0.708. The summed E-state index contributed by atoms with van der Waals surface area (Å²) in [4.78, 5) is 11.5. The van der Waals surface area contributed by atoms with Crippen LogP contribution in [0.1, 0.15) is 45.4 Å². The first kappa shape index (κ1) is 9.20. The Morgan fingerprint density at radius 3 is 1.92 bits per heavy atom. The summed E-state index contributed by atoms with van der Waals surface area (Å²) in [6.45, 7) is 2.05. The highest BCUT2D eigenvalue weighted by atomic mass is 16.3. The molecule has 3 fully saturated rings. The highest BCUT2D eigenvalue weighted by Crippen LogP contribution is 2.56. The predicted octanol–water partition coefficient (Wildman–Crippen LogP) is 1.91. The average molecular weight is 182 g/mol. The molecule has 3 aliphatic carbocycles. The Kier molecular flexibility index (Phi) is 1.99. The summed E-state index contributed by atoms with van der Waals surface area (Å²) in [5.41, 5.74) is 0.203. The van der Waals surface area contributed by atoms with E-state index in [9.17, 15) is 9.90 Å². The minimum absolute atomic E-state index is 0.0108. The second-order valence-corrected chi connectivity index (χ2v) is 4.99. The summed E-state index contributed by atoms with van der Waals surface area (Å²) in [5.74, 6) is 0.374. The molecule has 0 unspecified atom stereocenters. The number of ketones is 1. The van der Waals surface area contributed by atoms with E-state index in [1.165, 1.54) is 0 Å². The van der Waals surface area contributed by atoms with Gasteiger partial charge in [0.25, 0.3) is 0 Å². The first-order valence-corrected chi connectivity index (χ1v) is 5.25. The lowest BCUT2D eigenvalue weighted by Crippen LogP contribution is -2.46. The minimum atomic E-state index is 0.0108. The zero-order chi connectivity index (χ0) is 9.53. The molecule has 2 bridgehead atoms. The van der Waals surface area contributed by atoms with E-state index in [1.807, 2.05) is 0 Å². The number of carbonyl (C=O) groups excluding carboxylic acids is 1. The third kappa shape index (κ3) is 1.23. The molecule has 0 aromatic rings. The van der Waals surface area contributed by atoms with E-state index >= 15 is 0 Å². The van der Waals surface area contributed by atoms with Crippen molar-refractivity contribution in [3.63, 3.8) is 0 Å². The molecule has 1 N–H and O–H groups in total. The molecule has 3 aliphatic rings. The largest absolute Gasteiger partial charge is 0.396 e. The van der Waals surface area contributed by atoms with Crippen molar-refractivity contribution in [2.75, 3.05) is 6.61 Å². The Balaban J connectivity index is 2.16. The van der Waals surface area contributed by atoms with E-state index in [0.717, 1.165) is 38.5 Å². The van der Waals surface area contributed by atoms with Crippen molar-refractivity contribution in [1.82, 2.24) is 0 Å². The van der Waals surface area contributed by atoms with Crippen LogP contribution in [0.3, 0.4) is 0 Å². The van der Waals surface area contributed by atoms with Crippen molar-refractivity contribution in [2.24, 2.45) is 10.8 Å². The predicted molar refractivity (Wildman–Crippen MR) is 50.3 cm³/mol. The summed E-state index contributed by atoms with van der Waals surface area (Å²) in [5, 5.41) is 9.30. The minimum Gasteiger partial charge on any atom is -0.396 e. The molecule has 0 atom stereocenters. The third-order valence-corrected chi connectivity index (χ3v) is 4.48. The van der Waals surface area contributed by atoms with Crippen LogP contribution in [0.2, 0.25) is 0 Å². The van der Waals surface area contributed by atoms with Crippen LogP contribution in [0.25, 0.3) is 0 Å². The van der Waals surface area contributed by atoms with E-state index in [-0.39, 0.29) is 10.8 Å². The van der Waals surface area contributed by atoms with Crippen LogP contribution >= 0.6 is 0 Å². The van der Waals surface area contributed by atoms with Crippen LogP contribution in [-0.2, 0) is 4.79 Å². The van der Waals surface area contributed by atoms with Crippen LogP contribution in [-0.4, -0.2) is 17.5 Å². The van der Waals surface area contributed by atoms with E-state index < -0.39 is 0 Å². The van der Waals surface area contributed by atoms with Gasteiger partial charge >= 0.3 is 0 Å². The van der Waals surface area contributed by atoms with Gasteiger partial charge in [-0.1, -0.05) is 0 Å². The second kappa shape index (κ2) is 2.81. The Morgan fingerprint density at radius 1 is 1.15 bits per heavy atom. The fourth-order valence-electron chi connectivity index (χ4n) is 3.03. The fourth-order valence-corrected chi connectivity index (χ4v) is 3.03. The number of hydrogen-bond donors (Lipinski definition) is 1. The zero-order valence-corrected chi connectivity index (χ0v) is 8.31. The van der Waals surface area contributed by atoms with Gasteiger partial charge in [-0.15, -0.1) is 0 Å². The maximum Gasteiger partial charge on any atom is 0.135 e. The number of carbonyl (C=O) groups is 1. The molecule has 0 amide bonds. The van der Waals surface area contributed by atoms with E-state index in [4.69, 9.17) is 0 Å². The Hall–Kier alpha value is -0.370. The molecule has 74 valence electrons. The highest BCUT2D eigenvalue weighted by Gasteiger charge is 2.50. The molecule has 3 rings (SSSR count). The standard InChI is InChI=1S/C11H18O2/c1-9(13)11-5-2-10(8-12,3-6-11)4-7-11/h12H,2-8H2,1H3. The molecule has 13 heavy (non-hydrogen) atoms. The SMILES string of the molecule is CC(=O)C12CCC(CO)(CC1)CC2. The molecule has 0 saturated heterocycles. The molecule has 2 heteroatoms. The van der Waals surface area contributed by atoms with Gasteiger partial charge in [-0.05, 0) is 50.9 Å². The lowest BCUT2D eigenvalue weighted by Gasteiger charge is -2.51. The first-order valence-electron chi connectivity index (χ1n) is 5.25. The van der Waals surface area contributed by atoms with Gasteiger partial charge in [-0.3, -0.25) is 4.79 Å². The van der Waals surface area contributed by atoms with Gasteiger partial charge in [0.15, 0.2) is 0 Å². The molecule has 0 heterocycles. The van der Waals surface area contributed by atoms with Gasteiger partial charge in [0.05, 0.1) is 0 Å². The normalized spacial score (nSPS) is 43.5. The number of fused-ring (bicyclic) bond motifs is 3. The van der Waals surface area contributed by atoms with Gasteiger partial charge in [0.1, 0.15) is 5.78 Å². The third-order valence-electron chi connectivity index (χ3n) is 4.48. The molecule has 0 aliphatic heterocycles. The van der Waals surface area contributed by atoms with E-state index in [0.29, 0.717) is 12.4 Å². The number of aliphatic hydroxyl groups excluding tert-OH is 1. The van der Waals surface area contributed by atoms with Gasteiger partial charge < -0.3 is 5.11 Å². The molecule has 3 saturated carbocycles. The summed E-state index contributed by atoms with van der Waals surface area (Å²) >= 11 is 0. The number of aliphatic hydroxyl groups is 1. The van der Waals surface area contributed by atoms with Crippen molar-refractivity contribution < 1.29 is 9.90 Å². The number of hydrogen-bond acceptors (Lipinski definition) is 2. The van der Waals surface area contributed by atoms with Crippen molar-refractivity contribution in [3.05, 3.63) is 0 Å². The summed E-state index contributed by atoms with van der Waals surface area (Å²) < 4.78 is 0. The van der Waals surface area contributed by atoms with Crippen LogP contribution < -0.4 is 0 Å². The first-order chi connectivity index (χ1) is 6.13. The topological polar surface area (TPSA) is 37.3 Å². The van der Waals surface area contributed by atoms with Gasteiger partial charge in [-0.25, -0.2) is 0 Å². The monoisotopic (exact) mass is 182 g/mol. The average Bonchev–Trinajstić information content (AvgIpc) is 2.20. The lowest BCUT2D eigenvalue weighted by atomic mass is 9.53. The molecule has 2 nitrogen and oxygen atoms in total. The molecular weight excluding hydrogens is 164 g/mol. The van der Waals surface area contributed by atoms with E-state index in [2.05, 4.69) is 0 Å². The van der Waals surface area contributed by atoms with Crippen molar-refractivity contribution in [1.29, 1.82) is 0 Å². The van der Waals surface area contributed by atoms with E-state index in [1.54, 1.807) is 6.92 Å². The zero-order valence-electron chi connectivity index (χ0n) is 8.31. The maximum absolute atomic E-state index is 11.5. The maximum atomic E-state index is 11.5.